The van der Waals surface area contributed by atoms with Gasteiger partial charge in [-0.1, -0.05) is 42.5 Å². The average Bonchev–Trinajstić information content (AvgIpc) is 3.27. The van der Waals surface area contributed by atoms with Crippen molar-refractivity contribution in [1.82, 2.24) is 5.43 Å². The standard InChI is InChI=1S/C17H19FN2/c18-15-8-4-5-13(11-15)12-16(20-19)17(9-10-17)14-6-2-1-3-7-14/h1-8,11,16,20H,9-10,12,19H2. The third-order valence-electron chi connectivity index (χ3n) is 4.33. The fourth-order valence-electron chi connectivity index (χ4n) is 3.06. The Morgan fingerprint density at radius 3 is 2.45 bits per heavy atom. The number of hydrogen-bond acceptors (Lipinski definition) is 2. The summed E-state index contributed by atoms with van der Waals surface area (Å²) in [5, 5.41) is 0. The smallest absolute Gasteiger partial charge is 0.123 e. The summed E-state index contributed by atoms with van der Waals surface area (Å²) in [6.07, 6.45) is 2.99. The van der Waals surface area contributed by atoms with Crippen LogP contribution < -0.4 is 11.3 Å². The van der Waals surface area contributed by atoms with Gasteiger partial charge in [0.25, 0.3) is 0 Å². The topological polar surface area (TPSA) is 38.0 Å². The molecule has 2 nitrogen and oxygen atoms in total. The van der Waals surface area contributed by atoms with Crippen molar-refractivity contribution in [1.29, 1.82) is 0 Å². The zero-order valence-electron chi connectivity index (χ0n) is 11.4. The van der Waals surface area contributed by atoms with Crippen LogP contribution >= 0.6 is 0 Å². The van der Waals surface area contributed by atoms with Gasteiger partial charge in [-0.3, -0.25) is 11.3 Å². The highest BCUT2D eigenvalue weighted by atomic mass is 19.1. The average molecular weight is 270 g/mol. The van der Waals surface area contributed by atoms with Crippen LogP contribution in [-0.2, 0) is 11.8 Å². The van der Waals surface area contributed by atoms with E-state index in [0.29, 0.717) is 0 Å². The molecular weight excluding hydrogens is 251 g/mol. The van der Waals surface area contributed by atoms with Crippen LogP contribution in [0.4, 0.5) is 4.39 Å². The molecule has 0 aliphatic heterocycles. The zero-order chi connectivity index (χ0) is 14.0. The van der Waals surface area contributed by atoms with Crippen molar-refractivity contribution in [2.24, 2.45) is 5.84 Å². The molecule has 20 heavy (non-hydrogen) atoms. The van der Waals surface area contributed by atoms with Gasteiger partial charge in [0, 0.05) is 11.5 Å². The van der Waals surface area contributed by atoms with Gasteiger partial charge in [0.1, 0.15) is 5.82 Å². The first-order valence-electron chi connectivity index (χ1n) is 7.01. The van der Waals surface area contributed by atoms with Gasteiger partial charge in [-0.2, -0.15) is 0 Å². The van der Waals surface area contributed by atoms with Gasteiger partial charge in [0.15, 0.2) is 0 Å². The van der Waals surface area contributed by atoms with Crippen molar-refractivity contribution in [2.45, 2.75) is 30.7 Å². The fourth-order valence-corrected chi connectivity index (χ4v) is 3.06. The molecule has 1 fully saturated rings. The van der Waals surface area contributed by atoms with Crippen molar-refractivity contribution in [3.8, 4) is 0 Å². The largest absolute Gasteiger partial charge is 0.271 e. The molecule has 104 valence electrons. The summed E-state index contributed by atoms with van der Waals surface area (Å²) in [4.78, 5) is 0. The number of benzene rings is 2. The van der Waals surface area contributed by atoms with Gasteiger partial charge in [0.2, 0.25) is 0 Å². The third-order valence-corrected chi connectivity index (χ3v) is 4.33. The van der Waals surface area contributed by atoms with E-state index in [2.05, 4.69) is 29.7 Å². The van der Waals surface area contributed by atoms with Crippen LogP contribution in [0.1, 0.15) is 24.0 Å². The van der Waals surface area contributed by atoms with Crippen molar-refractivity contribution in [2.75, 3.05) is 0 Å². The minimum absolute atomic E-state index is 0.0995. The predicted molar refractivity (Wildman–Crippen MR) is 78.6 cm³/mol. The molecule has 0 saturated heterocycles. The molecule has 3 N–H and O–H groups in total. The maximum absolute atomic E-state index is 13.3. The molecule has 2 aromatic rings. The SMILES string of the molecule is NNC(Cc1cccc(F)c1)C1(c2ccccc2)CC1. The van der Waals surface area contributed by atoms with Gasteiger partial charge in [-0.15, -0.1) is 0 Å². The summed E-state index contributed by atoms with van der Waals surface area (Å²) in [5.41, 5.74) is 5.35. The van der Waals surface area contributed by atoms with Gasteiger partial charge < -0.3 is 0 Å². The molecule has 0 aromatic heterocycles. The normalized spacial score (nSPS) is 17.7. The molecular formula is C17H19FN2. The van der Waals surface area contributed by atoms with E-state index >= 15 is 0 Å². The summed E-state index contributed by atoms with van der Waals surface area (Å²) in [6, 6.07) is 17.4. The van der Waals surface area contributed by atoms with Crippen molar-refractivity contribution < 1.29 is 4.39 Å². The van der Waals surface area contributed by atoms with E-state index in [1.807, 2.05) is 12.1 Å². The van der Waals surface area contributed by atoms with Crippen LogP contribution in [0.25, 0.3) is 0 Å². The van der Waals surface area contributed by atoms with Crippen LogP contribution in [0, 0.1) is 5.82 Å². The van der Waals surface area contributed by atoms with E-state index < -0.39 is 0 Å². The number of hydrogen-bond donors (Lipinski definition) is 2. The summed E-state index contributed by atoms with van der Waals surface area (Å²) in [5.74, 6) is 5.59. The molecule has 2 aromatic carbocycles. The molecule has 1 saturated carbocycles. The van der Waals surface area contributed by atoms with Gasteiger partial charge >= 0.3 is 0 Å². The quantitative estimate of drug-likeness (QED) is 0.647. The van der Waals surface area contributed by atoms with E-state index in [9.17, 15) is 4.39 Å². The number of nitrogens with two attached hydrogens (primary N) is 1. The number of hydrazine groups is 1. The van der Waals surface area contributed by atoms with Crippen LogP contribution in [0.2, 0.25) is 0 Å². The fraction of sp³-hybridized carbons (Fsp3) is 0.294. The summed E-state index contributed by atoms with van der Waals surface area (Å²) < 4.78 is 13.3. The van der Waals surface area contributed by atoms with Crippen molar-refractivity contribution >= 4 is 0 Å². The molecule has 0 spiro atoms. The molecule has 1 unspecified atom stereocenters. The Labute approximate surface area is 118 Å². The monoisotopic (exact) mass is 270 g/mol. The summed E-state index contributed by atoms with van der Waals surface area (Å²) in [7, 11) is 0. The maximum Gasteiger partial charge on any atom is 0.123 e. The van der Waals surface area contributed by atoms with E-state index in [1.165, 1.54) is 11.6 Å². The van der Waals surface area contributed by atoms with E-state index in [-0.39, 0.29) is 17.3 Å². The lowest BCUT2D eigenvalue weighted by molar-refractivity contribution is 0.420. The minimum atomic E-state index is -0.192. The molecule has 1 aliphatic rings. The molecule has 1 atom stereocenters. The predicted octanol–water partition coefficient (Wildman–Crippen LogP) is 2.93. The van der Waals surface area contributed by atoms with Gasteiger partial charge in [-0.05, 0) is 42.5 Å². The Morgan fingerprint density at radius 1 is 1.10 bits per heavy atom. The van der Waals surface area contributed by atoms with Crippen LogP contribution in [0.5, 0.6) is 0 Å². The van der Waals surface area contributed by atoms with Crippen LogP contribution in [0.15, 0.2) is 54.6 Å². The number of nitrogens with one attached hydrogen (secondary N) is 1. The first-order valence-corrected chi connectivity index (χ1v) is 7.01. The maximum atomic E-state index is 13.3. The Kier molecular flexibility index (Phi) is 3.55. The summed E-state index contributed by atoms with van der Waals surface area (Å²) in [6.45, 7) is 0. The Balaban J connectivity index is 1.84. The second kappa shape index (κ2) is 5.35. The second-order valence-electron chi connectivity index (χ2n) is 5.58. The third kappa shape index (κ3) is 2.47. The van der Waals surface area contributed by atoms with Crippen LogP contribution in [-0.4, -0.2) is 6.04 Å². The highest BCUT2D eigenvalue weighted by Gasteiger charge is 2.50. The molecule has 3 heteroatoms. The number of rotatable bonds is 5. The lowest BCUT2D eigenvalue weighted by Crippen LogP contribution is -2.45. The Morgan fingerprint density at radius 2 is 1.85 bits per heavy atom. The molecule has 1 aliphatic carbocycles. The first-order chi connectivity index (χ1) is 9.74. The van der Waals surface area contributed by atoms with Crippen molar-refractivity contribution in [3.63, 3.8) is 0 Å². The molecule has 3 rings (SSSR count). The Hall–Kier alpha value is -1.71. The molecule has 0 bridgehead atoms. The van der Waals surface area contributed by atoms with E-state index in [1.54, 1.807) is 12.1 Å². The minimum Gasteiger partial charge on any atom is -0.271 e. The molecule has 0 radical (unpaired) electrons. The highest BCUT2D eigenvalue weighted by Crippen LogP contribution is 2.51. The highest BCUT2D eigenvalue weighted by molar-refractivity contribution is 5.35. The second-order valence-corrected chi connectivity index (χ2v) is 5.58. The lowest BCUT2D eigenvalue weighted by Gasteiger charge is -2.27. The molecule has 0 heterocycles. The van der Waals surface area contributed by atoms with Crippen LogP contribution in [0.3, 0.4) is 0 Å². The van der Waals surface area contributed by atoms with Gasteiger partial charge in [-0.25, -0.2) is 4.39 Å². The molecule has 0 amide bonds. The Bertz CT molecular complexity index is 579. The van der Waals surface area contributed by atoms with E-state index in [4.69, 9.17) is 5.84 Å². The first kappa shape index (κ1) is 13.3. The zero-order valence-corrected chi connectivity index (χ0v) is 11.4. The number of halogens is 1. The van der Waals surface area contributed by atoms with Crippen molar-refractivity contribution in [3.05, 3.63) is 71.5 Å². The lowest BCUT2D eigenvalue weighted by atomic mass is 9.85. The van der Waals surface area contributed by atoms with Gasteiger partial charge in [0.05, 0.1) is 0 Å². The van der Waals surface area contributed by atoms with E-state index in [0.717, 1.165) is 24.8 Å². The summed E-state index contributed by atoms with van der Waals surface area (Å²) >= 11 is 0.